The average molecular weight is 441 g/mol. The number of pyridine rings is 1. The number of aromatic nitrogens is 4. The lowest BCUT2D eigenvalue weighted by molar-refractivity contribution is 0.502. The van der Waals surface area contributed by atoms with Crippen LogP contribution in [0.3, 0.4) is 0 Å². The van der Waals surface area contributed by atoms with Crippen LogP contribution < -0.4 is 11.2 Å². The van der Waals surface area contributed by atoms with Crippen molar-refractivity contribution >= 4 is 22.5 Å². The molecule has 0 bridgehead atoms. The molecule has 160 valence electrons. The van der Waals surface area contributed by atoms with Gasteiger partial charge in [-0.2, -0.15) is 4.39 Å². The lowest BCUT2D eigenvalue weighted by Gasteiger charge is -2.12. The van der Waals surface area contributed by atoms with Gasteiger partial charge < -0.3 is 4.57 Å². The highest BCUT2D eigenvalue weighted by Gasteiger charge is 2.19. The van der Waals surface area contributed by atoms with Gasteiger partial charge in [-0.15, -0.1) is 0 Å². The van der Waals surface area contributed by atoms with Crippen LogP contribution in [-0.2, 0) is 20.1 Å². The average Bonchev–Trinajstić information content (AvgIpc) is 3.06. The standard InChI is InChI=1S/C23H22ClFN4O2/c1-14(2)11-29-20-17(22(30)27(3)23(29)31)13-28(21(20)24)12-15-7-9-16(10-8-15)18-5-4-6-19(25)26-18/h4-10,13-14H,11-12H2,1-3H3. The Morgan fingerprint density at radius 2 is 1.81 bits per heavy atom. The predicted molar refractivity (Wildman–Crippen MR) is 120 cm³/mol. The number of benzene rings is 1. The van der Waals surface area contributed by atoms with Crippen LogP contribution in [0.1, 0.15) is 19.4 Å². The second-order valence-electron chi connectivity index (χ2n) is 8.00. The first-order chi connectivity index (χ1) is 14.8. The maximum Gasteiger partial charge on any atom is 0.331 e. The monoisotopic (exact) mass is 440 g/mol. The predicted octanol–water partition coefficient (Wildman–Crippen LogP) is 4.06. The molecule has 3 heterocycles. The molecule has 4 aromatic rings. The van der Waals surface area contributed by atoms with E-state index < -0.39 is 5.95 Å². The Morgan fingerprint density at radius 3 is 2.45 bits per heavy atom. The maximum atomic E-state index is 13.4. The van der Waals surface area contributed by atoms with E-state index in [2.05, 4.69) is 4.98 Å². The SMILES string of the molecule is CC(C)Cn1c(=O)n(C)c(=O)c2cn(Cc3ccc(-c4cccc(F)n4)cc3)c(Cl)c21. The quantitative estimate of drug-likeness (QED) is 0.440. The van der Waals surface area contributed by atoms with Crippen LogP contribution in [0.5, 0.6) is 0 Å². The summed E-state index contributed by atoms with van der Waals surface area (Å²) in [6, 6.07) is 12.2. The molecular formula is C23H22ClFN4O2. The minimum Gasteiger partial charge on any atom is -0.332 e. The molecule has 0 amide bonds. The van der Waals surface area contributed by atoms with E-state index in [1.54, 1.807) is 27.5 Å². The van der Waals surface area contributed by atoms with Crippen molar-refractivity contribution in [1.29, 1.82) is 0 Å². The van der Waals surface area contributed by atoms with Crippen molar-refractivity contribution in [3.05, 3.63) is 86.2 Å². The van der Waals surface area contributed by atoms with Gasteiger partial charge in [-0.05, 0) is 23.6 Å². The first-order valence-corrected chi connectivity index (χ1v) is 10.3. The highest BCUT2D eigenvalue weighted by Crippen LogP contribution is 2.25. The van der Waals surface area contributed by atoms with Gasteiger partial charge in [-0.1, -0.05) is 55.8 Å². The summed E-state index contributed by atoms with van der Waals surface area (Å²) < 4.78 is 17.8. The zero-order chi connectivity index (χ0) is 22.3. The first kappa shape index (κ1) is 21.1. The Hall–Kier alpha value is -3.19. The van der Waals surface area contributed by atoms with Crippen LogP contribution in [-0.4, -0.2) is 18.7 Å². The van der Waals surface area contributed by atoms with Crippen LogP contribution in [0, 0.1) is 11.9 Å². The fraction of sp³-hybridized carbons (Fsp3) is 0.261. The van der Waals surface area contributed by atoms with E-state index in [4.69, 9.17) is 11.6 Å². The van der Waals surface area contributed by atoms with Gasteiger partial charge >= 0.3 is 5.69 Å². The van der Waals surface area contributed by atoms with E-state index in [9.17, 15) is 14.0 Å². The Kier molecular flexibility index (Phi) is 5.54. The van der Waals surface area contributed by atoms with Gasteiger partial charge in [0.05, 0.1) is 16.6 Å². The molecule has 0 saturated carbocycles. The summed E-state index contributed by atoms with van der Waals surface area (Å²) in [6.45, 7) is 4.89. The zero-order valence-corrected chi connectivity index (χ0v) is 18.2. The summed E-state index contributed by atoms with van der Waals surface area (Å²) in [4.78, 5) is 29.3. The highest BCUT2D eigenvalue weighted by molar-refractivity contribution is 6.34. The molecule has 4 rings (SSSR count). The van der Waals surface area contributed by atoms with Crippen molar-refractivity contribution in [2.75, 3.05) is 0 Å². The normalized spacial score (nSPS) is 11.5. The molecule has 0 saturated heterocycles. The van der Waals surface area contributed by atoms with E-state index in [1.165, 1.54) is 13.1 Å². The Labute approximate surface area is 183 Å². The van der Waals surface area contributed by atoms with Crippen molar-refractivity contribution in [2.24, 2.45) is 13.0 Å². The molecule has 0 spiro atoms. The minimum atomic E-state index is -0.526. The molecule has 0 atom stereocenters. The van der Waals surface area contributed by atoms with Gasteiger partial charge in [0, 0.05) is 31.9 Å². The number of hydrogen-bond acceptors (Lipinski definition) is 3. The number of rotatable bonds is 5. The summed E-state index contributed by atoms with van der Waals surface area (Å²) in [7, 11) is 1.48. The van der Waals surface area contributed by atoms with E-state index in [-0.39, 0.29) is 17.2 Å². The van der Waals surface area contributed by atoms with Gasteiger partial charge in [0.15, 0.2) is 0 Å². The van der Waals surface area contributed by atoms with E-state index in [1.807, 2.05) is 38.1 Å². The van der Waals surface area contributed by atoms with Crippen LogP contribution in [0.15, 0.2) is 58.3 Å². The number of fused-ring (bicyclic) bond motifs is 1. The molecule has 0 unspecified atom stereocenters. The van der Waals surface area contributed by atoms with E-state index >= 15 is 0 Å². The summed E-state index contributed by atoms with van der Waals surface area (Å²) >= 11 is 6.64. The number of halogens is 2. The summed E-state index contributed by atoms with van der Waals surface area (Å²) in [5.74, 6) is -0.316. The zero-order valence-electron chi connectivity index (χ0n) is 17.5. The largest absolute Gasteiger partial charge is 0.332 e. The van der Waals surface area contributed by atoms with Gasteiger partial charge in [0.1, 0.15) is 5.15 Å². The molecule has 0 radical (unpaired) electrons. The Bertz CT molecular complexity index is 1380. The molecule has 0 aliphatic carbocycles. The van der Waals surface area contributed by atoms with Crippen molar-refractivity contribution in [3.8, 4) is 11.3 Å². The molecule has 0 N–H and O–H groups in total. The van der Waals surface area contributed by atoms with Crippen LogP contribution in [0.2, 0.25) is 5.15 Å². The summed E-state index contributed by atoms with van der Waals surface area (Å²) in [5.41, 5.74) is 2.01. The Morgan fingerprint density at radius 1 is 1.10 bits per heavy atom. The smallest absolute Gasteiger partial charge is 0.331 e. The molecule has 0 fully saturated rings. The number of nitrogens with zero attached hydrogens (tertiary/aromatic N) is 4. The molecule has 6 nitrogen and oxygen atoms in total. The third kappa shape index (κ3) is 3.93. The van der Waals surface area contributed by atoms with Crippen LogP contribution >= 0.6 is 11.6 Å². The van der Waals surface area contributed by atoms with Crippen molar-refractivity contribution < 1.29 is 4.39 Å². The summed E-state index contributed by atoms with van der Waals surface area (Å²) in [6.07, 6.45) is 1.69. The number of hydrogen-bond donors (Lipinski definition) is 0. The Balaban J connectivity index is 1.74. The van der Waals surface area contributed by atoms with Crippen molar-refractivity contribution in [2.45, 2.75) is 26.9 Å². The molecule has 0 aliphatic rings. The van der Waals surface area contributed by atoms with E-state index in [0.29, 0.717) is 34.8 Å². The first-order valence-electron chi connectivity index (χ1n) is 9.96. The third-order valence-electron chi connectivity index (χ3n) is 5.18. The fourth-order valence-electron chi connectivity index (χ4n) is 3.67. The van der Waals surface area contributed by atoms with Crippen LogP contribution in [0.25, 0.3) is 22.2 Å². The molecule has 1 aromatic carbocycles. The second-order valence-corrected chi connectivity index (χ2v) is 8.36. The third-order valence-corrected chi connectivity index (χ3v) is 5.57. The summed E-state index contributed by atoms with van der Waals surface area (Å²) in [5, 5.41) is 0.759. The van der Waals surface area contributed by atoms with Crippen LogP contribution in [0.4, 0.5) is 4.39 Å². The molecule has 8 heteroatoms. The maximum absolute atomic E-state index is 13.4. The fourth-order valence-corrected chi connectivity index (χ4v) is 3.99. The topological polar surface area (TPSA) is 61.8 Å². The molecular weight excluding hydrogens is 419 g/mol. The van der Waals surface area contributed by atoms with Crippen molar-refractivity contribution in [1.82, 2.24) is 18.7 Å². The van der Waals surface area contributed by atoms with Gasteiger partial charge in [-0.25, -0.2) is 9.78 Å². The lowest BCUT2D eigenvalue weighted by Crippen LogP contribution is -2.38. The molecule has 0 aliphatic heterocycles. The second kappa shape index (κ2) is 8.15. The highest BCUT2D eigenvalue weighted by atomic mass is 35.5. The lowest BCUT2D eigenvalue weighted by atomic mass is 10.1. The van der Waals surface area contributed by atoms with Gasteiger partial charge in [-0.3, -0.25) is 13.9 Å². The molecule has 3 aromatic heterocycles. The van der Waals surface area contributed by atoms with E-state index in [0.717, 1.165) is 15.7 Å². The van der Waals surface area contributed by atoms with Gasteiger partial charge in [0.25, 0.3) is 5.56 Å². The van der Waals surface area contributed by atoms with Gasteiger partial charge in [0.2, 0.25) is 5.95 Å². The molecule has 31 heavy (non-hydrogen) atoms. The minimum absolute atomic E-state index is 0.210. The van der Waals surface area contributed by atoms with Crippen molar-refractivity contribution in [3.63, 3.8) is 0 Å².